The van der Waals surface area contributed by atoms with Crippen molar-refractivity contribution in [3.63, 3.8) is 0 Å². The average Bonchev–Trinajstić information content (AvgIpc) is 2.41. The molecule has 0 aliphatic rings. The molecule has 0 heterocycles. The van der Waals surface area contributed by atoms with E-state index in [9.17, 15) is 4.79 Å². The number of ether oxygens (including phenoxy) is 1. The number of hydrogen-bond donors (Lipinski definition) is 1. The van der Waals surface area contributed by atoms with Gasteiger partial charge in [0.05, 0.1) is 17.2 Å². The fourth-order valence-electron chi connectivity index (χ4n) is 1.49. The Morgan fingerprint density at radius 2 is 2.11 bits per heavy atom. The number of esters is 1. The first-order valence-corrected chi connectivity index (χ1v) is 7.52. The summed E-state index contributed by atoms with van der Waals surface area (Å²) in [6.07, 6.45) is 0.654. The molecule has 1 unspecified atom stereocenters. The first-order valence-electron chi connectivity index (χ1n) is 5.78. The van der Waals surface area contributed by atoms with E-state index in [1.165, 1.54) is 7.11 Å². The summed E-state index contributed by atoms with van der Waals surface area (Å²) in [6.45, 7) is 1.83. The molecule has 0 fully saturated rings. The quantitative estimate of drug-likeness (QED) is 0.641. The number of hydrogen-bond acceptors (Lipinski definition) is 4. The van der Waals surface area contributed by atoms with E-state index in [1.54, 1.807) is 24.9 Å². The van der Waals surface area contributed by atoms with Crippen molar-refractivity contribution in [3.8, 4) is 0 Å². The first kappa shape index (κ1) is 16.6. The summed E-state index contributed by atoms with van der Waals surface area (Å²) < 4.78 is 4.79. The van der Waals surface area contributed by atoms with Crippen LogP contribution < -0.4 is 5.32 Å². The Morgan fingerprint density at radius 3 is 2.63 bits per heavy atom. The van der Waals surface area contributed by atoms with Gasteiger partial charge in [-0.05, 0) is 38.6 Å². The summed E-state index contributed by atoms with van der Waals surface area (Å²) in [4.78, 5) is 12.7. The molecule has 1 aromatic carbocycles. The number of likely N-dealkylation sites (N-methyl/N-ethyl adjacent to an activating group) is 1. The number of methoxy groups -OCH3 is 1. The zero-order chi connectivity index (χ0) is 14.5. The van der Waals surface area contributed by atoms with Crippen molar-refractivity contribution in [2.24, 2.45) is 0 Å². The van der Waals surface area contributed by atoms with Crippen LogP contribution >= 0.6 is 35.0 Å². The fourth-order valence-corrected chi connectivity index (χ4v) is 2.97. The number of thioether (sulfide) groups is 1. The Morgan fingerprint density at radius 1 is 1.42 bits per heavy atom. The monoisotopic (exact) mass is 321 g/mol. The molecule has 106 valence electrons. The van der Waals surface area contributed by atoms with E-state index in [1.807, 2.05) is 19.1 Å². The van der Waals surface area contributed by atoms with Crippen molar-refractivity contribution < 1.29 is 9.53 Å². The predicted octanol–water partition coefficient (Wildman–Crippen LogP) is 3.63. The first-order chi connectivity index (χ1) is 8.92. The van der Waals surface area contributed by atoms with Crippen molar-refractivity contribution >= 4 is 40.9 Å². The van der Waals surface area contributed by atoms with Gasteiger partial charge in [0.25, 0.3) is 0 Å². The van der Waals surface area contributed by atoms with Crippen molar-refractivity contribution in [1.29, 1.82) is 0 Å². The smallest absolute Gasteiger partial charge is 0.325 e. The zero-order valence-electron chi connectivity index (χ0n) is 11.1. The standard InChI is InChI=1S/C13H17Cl2NO2S/c1-13(16-2,12(17)18-3)6-7-19-9-4-5-10(14)11(15)8-9/h4-5,8,16H,6-7H2,1-3H3. The van der Waals surface area contributed by atoms with Crippen LogP contribution in [0.5, 0.6) is 0 Å². The van der Waals surface area contributed by atoms with Gasteiger partial charge in [0.15, 0.2) is 0 Å². The molecule has 0 amide bonds. The van der Waals surface area contributed by atoms with Crippen molar-refractivity contribution in [2.75, 3.05) is 19.9 Å². The minimum Gasteiger partial charge on any atom is -0.468 e. The maximum absolute atomic E-state index is 11.7. The average molecular weight is 322 g/mol. The second-order valence-corrected chi connectivity index (χ2v) is 6.23. The van der Waals surface area contributed by atoms with Crippen LogP contribution in [0.15, 0.2) is 23.1 Å². The van der Waals surface area contributed by atoms with Gasteiger partial charge in [-0.15, -0.1) is 11.8 Å². The number of rotatable bonds is 6. The summed E-state index contributed by atoms with van der Waals surface area (Å²) in [5.74, 6) is 0.509. The molecule has 0 bridgehead atoms. The van der Waals surface area contributed by atoms with Crippen molar-refractivity contribution in [2.45, 2.75) is 23.8 Å². The molecule has 0 radical (unpaired) electrons. The van der Waals surface area contributed by atoms with Gasteiger partial charge >= 0.3 is 5.97 Å². The largest absolute Gasteiger partial charge is 0.468 e. The molecule has 0 aromatic heterocycles. The van der Waals surface area contributed by atoms with Crippen LogP contribution in [0.1, 0.15) is 13.3 Å². The molecule has 1 N–H and O–H groups in total. The summed E-state index contributed by atoms with van der Waals surface area (Å²) >= 11 is 13.4. The summed E-state index contributed by atoms with van der Waals surface area (Å²) in [5.41, 5.74) is -0.669. The highest BCUT2D eigenvalue weighted by molar-refractivity contribution is 7.99. The molecule has 3 nitrogen and oxygen atoms in total. The third-order valence-corrected chi connectivity index (χ3v) is 4.68. The molecule has 1 aromatic rings. The van der Waals surface area contributed by atoms with Crippen LogP contribution in [0.2, 0.25) is 10.0 Å². The van der Waals surface area contributed by atoms with E-state index in [0.29, 0.717) is 16.5 Å². The lowest BCUT2D eigenvalue weighted by Crippen LogP contribution is -2.48. The van der Waals surface area contributed by atoms with Crippen LogP contribution in [0.25, 0.3) is 0 Å². The fraction of sp³-hybridized carbons (Fsp3) is 0.462. The van der Waals surface area contributed by atoms with Gasteiger partial charge in [-0.25, -0.2) is 0 Å². The lowest BCUT2D eigenvalue weighted by Gasteiger charge is -2.25. The molecule has 6 heteroatoms. The van der Waals surface area contributed by atoms with E-state index in [0.717, 1.165) is 10.6 Å². The second kappa shape index (κ2) is 7.39. The van der Waals surface area contributed by atoms with Gasteiger partial charge < -0.3 is 10.1 Å². The van der Waals surface area contributed by atoms with Crippen LogP contribution in [-0.2, 0) is 9.53 Å². The van der Waals surface area contributed by atoms with Crippen molar-refractivity contribution in [3.05, 3.63) is 28.2 Å². The van der Waals surface area contributed by atoms with E-state index < -0.39 is 5.54 Å². The van der Waals surface area contributed by atoms with Crippen LogP contribution in [0, 0.1) is 0 Å². The maximum Gasteiger partial charge on any atom is 0.325 e. The predicted molar refractivity (Wildman–Crippen MR) is 81.3 cm³/mol. The molecule has 19 heavy (non-hydrogen) atoms. The lowest BCUT2D eigenvalue weighted by molar-refractivity contribution is -0.147. The maximum atomic E-state index is 11.7. The Kier molecular flexibility index (Phi) is 6.47. The number of nitrogens with one attached hydrogen (secondary N) is 1. The molecule has 1 atom stereocenters. The SMILES string of the molecule is CNC(C)(CCSc1ccc(Cl)c(Cl)c1)C(=O)OC. The Balaban J connectivity index is 2.57. The lowest BCUT2D eigenvalue weighted by atomic mass is 10.00. The van der Waals surface area contributed by atoms with Gasteiger partial charge in [0.2, 0.25) is 0 Å². The van der Waals surface area contributed by atoms with Gasteiger partial charge in [-0.3, -0.25) is 4.79 Å². The van der Waals surface area contributed by atoms with Crippen molar-refractivity contribution in [1.82, 2.24) is 5.32 Å². The molecule has 1 rings (SSSR count). The number of carbonyl (C=O) groups excluding carboxylic acids is 1. The van der Waals surface area contributed by atoms with Gasteiger partial charge in [-0.2, -0.15) is 0 Å². The minimum atomic E-state index is -0.669. The van der Waals surface area contributed by atoms with Crippen LogP contribution in [-0.4, -0.2) is 31.4 Å². The Hall–Kier alpha value is -0.420. The number of carbonyl (C=O) groups is 1. The highest BCUT2D eigenvalue weighted by Crippen LogP contribution is 2.29. The van der Waals surface area contributed by atoms with E-state index in [-0.39, 0.29) is 5.97 Å². The summed E-state index contributed by atoms with van der Waals surface area (Å²) in [7, 11) is 3.14. The number of benzene rings is 1. The van der Waals surface area contributed by atoms with Gasteiger partial charge in [-0.1, -0.05) is 23.2 Å². The van der Waals surface area contributed by atoms with Crippen LogP contribution in [0.3, 0.4) is 0 Å². The van der Waals surface area contributed by atoms with E-state index >= 15 is 0 Å². The highest BCUT2D eigenvalue weighted by atomic mass is 35.5. The van der Waals surface area contributed by atoms with Gasteiger partial charge in [0.1, 0.15) is 5.54 Å². The molecular formula is C13H17Cl2NO2S. The minimum absolute atomic E-state index is 0.260. The number of halogens is 2. The third kappa shape index (κ3) is 4.56. The van der Waals surface area contributed by atoms with Crippen LogP contribution in [0.4, 0.5) is 0 Å². The normalized spacial score (nSPS) is 13.9. The van der Waals surface area contributed by atoms with Gasteiger partial charge in [0, 0.05) is 10.6 Å². The topological polar surface area (TPSA) is 38.3 Å². The summed E-state index contributed by atoms with van der Waals surface area (Å²) in [6, 6.07) is 5.50. The molecular weight excluding hydrogens is 305 g/mol. The molecule has 0 saturated heterocycles. The summed E-state index contributed by atoms with van der Waals surface area (Å²) in [5, 5.41) is 4.08. The second-order valence-electron chi connectivity index (χ2n) is 4.25. The van der Waals surface area contributed by atoms with E-state index in [2.05, 4.69) is 5.32 Å². The molecule has 0 aliphatic heterocycles. The zero-order valence-corrected chi connectivity index (χ0v) is 13.5. The third-order valence-electron chi connectivity index (χ3n) is 2.95. The highest BCUT2D eigenvalue weighted by Gasteiger charge is 2.31. The Bertz CT molecular complexity index is 456. The molecule has 0 saturated carbocycles. The van der Waals surface area contributed by atoms with E-state index in [4.69, 9.17) is 27.9 Å². The molecule has 0 aliphatic carbocycles. The molecule has 0 spiro atoms. The Labute approximate surface area is 128 Å².